The molecule has 2 heterocycles. The number of H-pyrrole nitrogens is 1. The zero-order chi connectivity index (χ0) is 16.8. The zero-order valence-electron chi connectivity index (χ0n) is 13.6. The Morgan fingerprint density at radius 3 is 2.67 bits per heavy atom. The van der Waals surface area contributed by atoms with E-state index in [4.69, 9.17) is 9.15 Å². The normalized spacial score (nSPS) is 11.3. The Bertz CT molecular complexity index is 1110. The SMILES string of the molecule is COc1cc(-c2nc3ccccc3[nH]2)cc2oc(=O)c(C)c(C)c12. The molecule has 2 aromatic heterocycles. The number of hydrogen-bond donors (Lipinski definition) is 1. The van der Waals surface area contributed by atoms with Crippen molar-refractivity contribution >= 4 is 22.0 Å². The molecule has 0 bridgehead atoms. The summed E-state index contributed by atoms with van der Waals surface area (Å²) in [5.41, 5.74) is 4.27. The van der Waals surface area contributed by atoms with Gasteiger partial charge in [-0.25, -0.2) is 9.78 Å². The van der Waals surface area contributed by atoms with Gasteiger partial charge in [-0.05, 0) is 43.7 Å². The summed E-state index contributed by atoms with van der Waals surface area (Å²) in [4.78, 5) is 19.9. The highest BCUT2D eigenvalue weighted by Crippen LogP contribution is 2.34. The third-order valence-electron chi connectivity index (χ3n) is 4.40. The van der Waals surface area contributed by atoms with Crippen LogP contribution in [0.15, 0.2) is 45.6 Å². The zero-order valence-corrected chi connectivity index (χ0v) is 13.6. The molecule has 0 fully saturated rings. The molecule has 0 unspecified atom stereocenters. The number of fused-ring (bicyclic) bond motifs is 2. The number of nitrogens with zero attached hydrogens (tertiary/aromatic N) is 1. The summed E-state index contributed by atoms with van der Waals surface area (Å²) in [6, 6.07) is 11.5. The first-order valence-electron chi connectivity index (χ1n) is 7.65. The highest BCUT2D eigenvalue weighted by molar-refractivity contribution is 5.92. The van der Waals surface area contributed by atoms with Crippen LogP contribution in [0, 0.1) is 13.8 Å². The lowest BCUT2D eigenvalue weighted by Gasteiger charge is -2.10. The largest absolute Gasteiger partial charge is 0.496 e. The fraction of sp³-hybridized carbons (Fsp3) is 0.158. The highest BCUT2D eigenvalue weighted by atomic mass is 16.5. The number of nitrogens with one attached hydrogen (secondary N) is 1. The maximum Gasteiger partial charge on any atom is 0.339 e. The number of ether oxygens (including phenoxy) is 1. The van der Waals surface area contributed by atoms with Gasteiger partial charge >= 0.3 is 5.63 Å². The van der Waals surface area contributed by atoms with Gasteiger partial charge in [0.25, 0.3) is 0 Å². The van der Waals surface area contributed by atoms with Crippen LogP contribution in [-0.4, -0.2) is 17.1 Å². The number of methoxy groups -OCH3 is 1. The molecule has 0 saturated carbocycles. The van der Waals surface area contributed by atoms with E-state index in [0.29, 0.717) is 22.7 Å². The molecular weight excluding hydrogens is 304 g/mol. The van der Waals surface area contributed by atoms with E-state index in [9.17, 15) is 4.79 Å². The minimum atomic E-state index is -0.330. The number of aryl methyl sites for hydroxylation is 1. The van der Waals surface area contributed by atoms with E-state index < -0.39 is 0 Å². The fourth-order valence-electron chi connectivity index (χ4n) is 2.94. The number of aromatic amines is 1. The summed E-state index contributed by atoms with van der Waals surface area (Å²) >= 11 is 0. The van der Waals surface area contributed by atoms with Gasteiger partial charge in [-0.2, -0.15) is 0 Å². The average molecular weight is 320 g/mol. The summed E-state index contributed by atoms with van der Waals surface area (Å²) in [5, 5.41) is 0.814. The van der Waals surface area contributed by atoms with Gasteiger partial charge in [-0.15, -0.1) is 0 Å². The molecule has 0 spiro atoms. The lowest BCUT2D eigenvalue weighted by molar-refractivity contribution is 0.418. The molecule has 0 aliphatic heterocycles. The van der Waals surface area contributed by atoms with Crippen LogP contribution in [0.2, 0.25) is 0 Å². The molecular formula is C19H16N2O3. The number of rotatable bonds is 2. The maximum atomic E-state index is 12.0. The first-order valence-corrected chi connectivity index (χ1v) is 7.65. The first kappa shape index (κ1) is 14.5. The van der Waals surface area contributed by atoms with Gasteiger partial charge in [0.2, 0.25) is 0 Å². The molecule has 2 aromatic carbocycles. The second-order valence-corrected chi connectivity index (χ2v) is 5.79. The summed E-state index contributed by atoms with van der Waals surface area (Å²) in [5.74, 6) is 1.37. The van der Waals surface area contributed by atoms with Gasteiger partial charge in [-0.1, -0.05) is 12.1 Å². The highest BCUT2D eigenvalue weighted by Gasteiger charge is 2.15. The van der Waals surface area contributed by atoms with Crippen molar-refractivity contribution in [2.24, 2.45) is 0 Å². The Morgan fingerprint density at radius 2 is 1.92 bits per heavy atom. The predicted molar refractivity (Wildman–Crippen MR) is 93.6 cm³/mol. The standard InChI is InChI=1S/C19H16N2O3/c1-10-11(2)19(22)24-16-9-12(8-15(23-3)17(10)16)18-20-13-6-4-5-7-14(13)21-18/h4-9H,1-3H3,(H,20,21). The molecule has 0 aliphatic rings. The Balaban J connectivity index is 2.03. The monoisotopic (exact) mass is 320 g/mol. The second kappa shape index (κ2) is 5.23. The van der Waals surface area contributed by atoms with E-state index >= 15 is 0 Å². The number of imidazole rings is 1. The molecule has 24 heavy (non-hydrogen) atoms. The van der Waals surface area contributed by atoms with Gasteiger partial charge in [0.15, 0.2) is 0 Å². The smallest absolute Gasteiger partial charge is 0.339 e. The van der Waals surface area contributed by atoms with Crippen LogP contribution in [0.3, 0.4) is 0 Å². The number of aromatic nitrogens is 2. The number of para-hydroxylation sites is 2. The van der Waals surface area contributed by atoms with Crippen LogP contribution in [0.25, 0.3) is 33.4 Å². The molecule has 1 N–H and O–H groups in total. The lowest BCUT2D eigenvalue weighted by atomic mass is 10.0. The van der Waals surface area contributed by atoms with Gasteiger partial charge in [0, 0.05) is 11.1 Å². The van der Waals surface area contributed by atoms with Gasteiger partial charge in [0.05, 0.1) is 23.5 Å². The van der Waals surface area contributed by atoms with Gasteiger partial charge < -0.3 is 14.1 Å². The van der Waals surface area contributed by atoms with Crippen LogP contribution in [0.5, 0.6) is 5.75 Å². The van der Waals surface area contributed by atoms with E-state index in [1.165, 1.54) is 0 Å². The van der Waals surface area contributed by atoms with Crippen LogP contribution in [-0.2, 0) is 0 Å². The van der Waals surface area contributed by atoms with Crippen molar-refractivity contribution in [2.45, 2.75) is 13.8 Å². The Kier molecular flexibility index (Phi) is 3.16. The third kappa shape index (κ3) is 2.09. The summed E-state index contributed by atoms with van der Waals surface area (Å²) in [6.45, 7) is 3.66. The van der Waals surface area contributed by atoms with Crippen molar-refractivity contribution in [3.63, 3.8) is 0 Å². The molecule has 5 heteroatoms. The van der Waals surface area contributed by atoms with Crippen molar-refractivity contribution in [1.29, 1.82) is 0 Å². The van der Waals surface area contributed by atoms with Crippen LogP contribution >= 0.6 is 0 Å². The number of hydrogen-bond acceptors (Lipinski definition) is 4. The second-order valence-electron chi connectivity index (χ2n) is 5.79. The van der Waals surface area contributed by atoms with Gasteiger partial charge in [-0.3, -0.25) is 0 Å². The fourth-order valence-corrected chi connectivity index (χ4v) is 2.94. The summed E-state index contributed by atoms with van der Waals surface area (Å²) in [6.07, 6.45) is 0. The predicted octanol–water partition coefficient (Wildman–Crippen LogP) is 3.96. The molecule has 4 aromatic rings. The van der Waals surface area contributed by atoms with Gasteiger partial charge in [0.1, 0.15) is 17.2 Å². The minimum absolute atomic E-state index is 0.330. The third-order valence-corrected chi connectivity index (χ3v) is 4.40. The van der Waals surface area contributed by atoms with Crippen molar-refractivity contribution in [3.8, 4) is 17.1 Å². The maximum absolute atomic E-state index is 12.0. The molecule has 0 radical (unpaired) electrons. The Hall–Kier alpha value is -3.08. The van der Waals surface area contributed by atoms with Crippen LogP contribution in [0.1, 0.15) is 11.1 Å². The van der Waals surface area contributed by atoms with E-state index in [0.717, 1.165) is 27.5 Å². The molecule has 0 aliphatic carbocycles. The van der Waals surface area contributed by atoms with E-state index in [2.05, 4.69) is 9.97 Å². The molecule has 4 rings (SSSR count). The minimum Gasteiger partial charge on any atom is -0.496 e. The molecule has 0 atom stereocenters. The summed E-state index contributed by atoms with van der Waals surface area (Å²) in [7, 11) is 1.61. The van der Waals surface area contributed by atoms with Crippen LogP contribution < -0.4 is 10.4 Å². The van der Waals surface area contributed by atoms with Crippen molar-refractivity contribution < 1.29 is 9.15 Å². The average Bonchev–Trinajstić information content (AvgIpc) is 3.02. The van der Waals surface area contributed by atoms with Crippen molar-refractivity contribution in [2.75, 3.05) is 7.11 Å². The number of benzene rings is 2. The van der Waals surface area contributed by atoms with E-state index in [1.54, 1.807) is 14.0 Å². The van der Waals surface area contributed by atoms with Crippen LogP contribution in [0.4, 0.5) is 0 Å². The molecule has 0 saturated heterocycles. The quantitative estimate of drug-likeness (QED) is 0.568. The Labute approximate surface area is 137 Å². The van der Waals surface area contributed by atoms with Crippen molar-refractivity contribution in [3.05, 3.63) is 57.9 Å². The topological polar surface area (TPSA) is 68.1 Å². The summed E-state index contributed by atoms with van der Waals surface area (Å²) < 4.78 is 11.0. The first-order chi connectivity index (χ1) is 11.6. The Morgan fingerprint density at radius 1 is 1.12 bits per heavy atom. The lowest BCUT2D eigenvalue weighted by Crippen LogP contribution is -2.06. The van der Waals surface area contributed by atoms with Crippen molar-refractivity contribution in [1.82, 2.24) is 9.97 Å². The molecule has 120 valence electrons. The van der Waals surface area contributed by atoms with E-state index in [1.807, 2.05) is 43.3 Å². The van der Waals surface area contributed by atoms with E-state index in [-0.39, 0.29) is 5.63 Å². The molecule has 0 amide bonds. The molecule has 5 nitrogen and oxygen atoms in total.